The topological polar surface area (TPSA) is 89.7 Å². The van der Waals surface area contributed by atoms with Gasteiger partial charge in [0.25, 0.3) is 0 Å². The summed E-state index contributed by atoms with van der Waals surface area (Å²) in [4.78, 5) is 3.98. The number of rotatable bonds is 3. The van der Waals surface area contributed by atoms with Gasteiger partial charge in [0.15, 0.2) is 11.3 Å². The summed E-state index contributed by atoms with van der Waals surface area (Å²) in [7, 11) is 0. The predicted molar refractivity (Wildman–Crippen MR) is 71.8 cm³/mol. The molecule has 0 spiro atoms. The van der Waals surface area contributed by atoms with Crippen LogP contribution in [0.15, 0.2) is 24.3 Å². The Morgan fingerprint density at radius 2 is 2.20 bits per heavy atom. The minimum atomic E-state index is -0.434. The van der Waals surface area contributed by atoms with Crippen molar-refractivity contribution in [2.45, 2.75) is 6.61 Å². The van der Waals surface area contributed by atoms with Crippen LogP contribution in [0.4, 0.5) is 10.2 Å². The summed E-state index contributed by atoms with van der Waals surface area (Å²) < 4.78 is 19.2. The maximum Gasteiger partial charge on any atom is 0.207 e. The van der Waals surface area contributed by atoms with Crippen LogP contribution in [-0.4, -0.2) is 20.4 Å². The van der Waals surface area contributed by atoms with Gasteiger partial charge in [-0.05, 0) is 12.1 Å². The van der Waals surface area contributed by atoms with Crippen LogP contribution in [0.25, 0.3) is 11.2 Å². The van der Waals surface area contributed by atoms with Crippen LogP contribution < -0.4 is 10.5 Å². The van der Waals surface area contributed by atoms with Gasteiger partial charge in [0.1, 0.15) is 18.2 Å². The van der Waals surface area contributed by atoms with Crippen LogP contribution in [0.3, 0.4) is 0 Å². The SMILES string of the molecule is Nc1cc(OCc2c(F)cccc2Cl)c2n[nH]nc2n1. The second kappa shape index (κ2) is 4.93. The van der Waals surface area contributed by atoms with Gasteiger partial charge in [-0.15, -0.1) is 5.10 Å². The van der Waals surface area contributed by atoms with E-state index in [1.54, 1.807) is 6.07 Å². The molecule has 3 rings (SSSR count). The van der Waals surface area contributed by atoms with Crippen molar-refractivity contribution >= 4 is 28.6 Å². The van der Waals surface area contributed by atoms with Crippen LogP contribution in [-0.2, 0) is 6.61 Å². The Bertz CT molecular complexity index is 755. The van der Waals surface area contributed by atoms with Crippen LogP contribution in [0.5, 0.6) is 5.75 Å². The highest BCUT2D eigenvalue weighted by Crippen LogP contribution is 2.26. The molecule has 3 N–H and O–H groups in total. The molecule has 6 nitrogen and oxygen atoms in total. The first kappa shape index (κ1) is 12.6. The number of nitrogens with two attached hydrogens (primary N) is 1. The summed E-state index contributed by atoms with van der Waals surface area (Å²) in [5, 5.41) is 10.5. The van der Waals surface area contributed by atoms with Crippen LogP contribution in [0.1, 0.15) is 5.56 Å². The number of halogens is 2. The average Bonchev–Trinajstić information content (AvgIpc) is 2.86. The second-order valence-electron chi connectivity index (χ2n) is 4.03. The van der Waals surface area contributed by atoms with E-state index in [1.807, 2.05) is 0 Å². The highest BCUT2D eigenvalue weighted by molar-refractivity contribution is 6.31. The summed E-state index contributed by atoms with van der Waals surface area (Å²) >= 11 is 5.93. The van der Waals surface area contributed by atoms with Crippen molar-refractivity contribution in [3.8, 4) is 5.75 Å². The number of nitrogen functional groups attached to an aromatic ring is 1. The molecule has 2 aromatic heterocycles. The Hall–Kier alpha value is -2.41. The van der Waals surface area contributed by atoms with E-state index in [2.05, 4.69) is 20.4 Å². The fraction of sp³-hybridized carbons (Fsp3) is 0.0833. The predicted octanol–water partition coefficient (Wildman–Crippen LogP) is 2.31. The Morgan fingerprint density at radius 1 is 1.35 bits per heavy atom. The number of H-pyrrole nitrogens is 1. The van der Waals surface area contributed by atoms with Crippen molar-refractivity contribution in [3.63, 3.8) is 0 Å². The summed E-state index contributed by atoms with van der Waals surface area (Å²) in [5.41, 5.74) is 6.66. The van der Waals surface area contributed by atoms with Crippen molar-refractivity contribution in [1.82, 2.24) is 20.4 Å². The van der Waals surface area contributed by atoms with Gasteiger partial charge in [-0.1, -0.05) is 17.7 Å². The Balaban J connectivity index is 1.92. The van der Waals surface area contributed by atoms with E-state index < -0.39 is 5.82 Å². The number of fused-ring (bicyclic) bond motifs is 1. The molecule has 0 radical (unpaired) electrons. The molecule has 0 saturated heterocycles. The average molecular weight is 294 g/mol. The Morgan fingerprint density at radius 3 is 3.00 bits per heavy atom. The first-order valence-corrected chi connectivity index (χ1v) is 6.05. The lowest BCUT2D eigenvalue weighted by Crippen LogP contribution is -2.01. The van der Waals surface area contributed by atoms with Crippen LogP contribution >= 0.6 is 11.6 Å². The summed E-state index contributed by atoms with van der Waals surface area (Å²) in [6, 6.07) is 5.94. The Kier molecular flexibility index (Phi) is 3.11. The van der Waals surface area contributed by atoms with Gasteiger partial charge in [-0.3, -0.25) is 0 Å². The molecule has 0 atom stereocenters. The minimum Gasteiger partial charge on any atom is -0.486 e. The first-order valence-electron chi connectivity index (χ1n) is 5.68. The molecule has 0 aliphatic rings. The lowest BCUT2D eigenvalue weighted by Gasteiger charge is -2.09. The zero-order chi connectivity index (χ0) is 14.1. The highest BCUT2D eigenvalue weighted by atomic mass is 35.5. The molecule has 3 aromatic rings. The Labute approximate surface area is 117 Å². The molecule has 20 heavy (non-hydrogen) atoms. The van der Waals surface area contributed by atoms with E-state index in [0.717, 1.165) is 0 Å². The maximum atomic E-state index is 13.7. The number of benzene rings is 1. The highest BCUT2D eigenvalue weighted by Gasteiger charge is 2.12. The van der Waals surface area contributed by atoms with E-state index in [4.69, 9.17) is 22.1 Å². The summed E-state index contributed by atoms with van der Waals surface area (Å²) in [6.45, 7) is -0.0447. The number of anilines is 1. The molecule has 0 aliphatic carbocycles. The zero-order valence-corrected chi connectivity index (χ0v) is 10.9. The molecule has 2 heterocycles. The van der Waals surface area contributed by atoms with Crippen molar-refractivity contribution in [2.24, 2.45) is 0 Å². The van der Waals surface area contributed by atoms with E-state index >= 15 is 0 Å². The molecule has 0 bridgehead atoms. The molecule has 102 valence electrons. The van der Waals surface area contributed by atoms with Crippen molar-refractivity contribution in [3.05, 3.63) is 40.7 Å². The standard InChI is InChI=1S/C12H9ClFN5O/c13-7-2-1-3-8(14)6(7)5-20-9-4-10(15)16-12-11(9)17-19-18-12/h1-4H,5H2,(H3,15,16,17,18,19). The molecule has 0 unspecified atom stereocenters. The first-order chi connectivity index (χ1) is 9.65. The van der Waals surface area contributed by atoms with Crippen LogP contribution in [0.2, 0.25) is 5.02 Å². The molecule has 1 aromatic carbocycles. The number of hydrogen-bond acceptors (Lipinski definition) is 5. The van der Waals surface area contributed by atoms with E-state index in [1.165, 1.54) is 18.2 Å². The maximum absolute atomic E-state index is 13.7. The van der Waals surface area contributed by atoms with E-state index in [-0.39, 0.29) is 18.0 Å². The van der Waals surface area contributed by atoms with E-state index in [9.17, 15) is 4.39 Å². The van der Waals surface area contributed by atoms with Gasteiger partial charge in [0.05, 0.1) is 5.02 Å². The zero-order valence-electron chi connectivity index (χ0n) is 10.1. The monoisotopic (exact) mass is 293 g/mol. The van der Waals surface area contributed by atoms with Crippen molar-refractivity contribution in [1.29, 1.82) is 0 Å². The lowest BCUT2D eigenvalue weighted by molar-refractivity contribution is 0.303. The van der Waals surface area contributed by atoms with Gasteiger partial charge in [-0.25, -0.2) is 9.37 Å². The third-order valence-corrected chi connectivity index (χ3v) is 3.06. The quantitative estimate of drug-likeness (QED) is 0.773. The van der Waals surface area contributed by atoms with Crippen molar-refractivity contribution < 1.29 is 9.13 Å². The third-order valence-electron chi connectivity index (χ3n) is 2.71. The fourth-order valence-corrected chi connectivity index (χ4v) is 1.97. The lowest BCUT2D eigenvalue weighted by atomic mass is 10.2. The third kappa shape index (κ3) is 2.23. The van der Waals surface area contributed by atoms with Gasteiger partial charge in [0, 0.05) is 11.6 Å². The smallest absolute Gasteiger partial charge is 0.207 e. The van der Waals surface area contributed by atoms with Crippen molar-refractivity contribution in [2.75, 3.05) is 5.73 Å². The number of ether oxygens (including phenoxy) is 1. The number of aromatic nitrogens is 4. The van der Waals surface area contributed by atoms with E-state index in [0.29, 0.717) is 21.9 Å². The molecular formula is C12H9ClFN5O. The largest absolute Gasteiger partial charge is 0.486 e. The van der Waals surface area contributed by atoms with Gasteiger partial charge in [-0.2, -0.15) is 10.3 Å². The normalized spacial score (nSPS) is 10.9. The summed E-state index contributed by atoms with van der Waals surface area (Å²) in [5.74, 6) is 0.164. The fourth-order valence-electron chi connectivity index (χ4n) is 1.76. The number of hydrogen-bond donors (Lipinski definition) is 2. The molecule has 0 aliphatic heterocycles. The molecule has 0 saturated carbocycles. The van der Waals surface area contributed by atoms with Gasteiger partial charge < -0.3 is 10.5 Å². The molecular weight excluding hydrogens is 285 g/mol. The number of pyridine rings is 1. The van der Waals surface area contributed by atoms with Gasteiger partial charge >= 0.3 is 0 Å². The number of aromatic amines is 1. The molecule has 0 fully saturated rings. The second-order valence-corrected chi connectivity index (χ2v) is 4.44. The van der Waals surface area contributed by atoms with Gasteiger partial charge in [0.2, 0.25) is 5.65 Å². The molecule has 0 amide bonds. The summed E-state index contributed by atoms with van der Waals surface area (Å²) in [6.07, 6.45) is 0. The minimum absolute atomic E-state index is 0.0447. The number of nitrogens with zero attached hydrogens (tertiary/aromatic N) is 3. The molecule has 8 heteroatoms. The number of nitrogens with one attached hydrogen (secondary N) is 1. The van der Waals surface area contributed by atoms with Crippen LogP contribution in [0, 0.1) is 5.82 Å².